The van der Waals surface area contributed by atoms with Crippen molar-refractivity contribution < 1.29 is 52.6 Å². The molecule has 2 fully saturated rings. The van der Waals surface area contributed by atoms with Gasteiger partial charge in [0.1, 0.15) is 22.7 Å². The maximum absolute atomic E-state index is 13.7. The van der Waals surface area contributed by atoms with E-state index in [1.165, 1.54) is 34.1 Å². The lowest BCUT2D eigenvalue weighted by Gasteiger charge is -2.22. The molecular weight excluding hydrogens is 863 g/mol. The molecule has 0 saturated heterocycles. The number of phenolic OH excluding ortho intramolecular Hbond substituents is 2. The van der Waals surface area contributed by atoms with E-state index in [0.29, 0.717) is 77.6 Å². The molecule has 0 spiro atoms. The number of carboxylic acids is 1. The molecule has 2 aliphatic carbocycles. The van der Waals surface area contributed by atoms with E-state index >= 15 is 0 Å². The molecule has 0 atom stereocenters. The molecular formula is C51H49F2N6O8+. The molecule has 10 rings (SSSR count). The van der Waals surface area contributed by atoms with Crippen LogP contribution in [-0.2, 0) is 51.1 Å². The first kappa shape index (κ1) is 44.7. The first-order valence-corrected chi connectivity index (χ1v) is 21.9. The van der Waals surface area contributed by atoms with Gasteiger partial charge in [-0.2, -0.15) is 0 Å². The molecule has 14 nitrogen and oxygen atoms in total. The molecule has 6 aromatic rings. The number of fused-ring (bicyclic) bond motifs is 4. The number of phenols is 2. The smallest absolute Gasteiger partial charge is 0.453 e. The molecule has 0 radical (unpaired) electrons. The topological polar surface area (TPSA) is 177 Å². The number of nitrogens with zero attached hydrogens (tertiary/aromatic N) is 6. The van der Waals surface area contributed by atoms with Gasteiger partial charge in [0.25, 0.3) is 11.8 Å². The van der Waals surface area contributed by atoms with E-state index in [1.807, 2.05) is 12.1 Å². The third-order valence-electron chi connectivity index (χ3n) is 13.3. The predicted molar refractivity (Wildman–Crippen MR) is 243 cm³/mol. The van der Waals surface area contributed by atoms with Crippen molar-refractivity contribution in [3.63, 3.8) is 0 Å². The van der Waals surface area contributed by atoms with Crippen LogP contribution in [0.2, 0.25) is 0 Å². The first-order valence-electron chi connectivity index (χ1n) is 21.9. The Balaban J connectivity index is 0.000000171. The van der Waals surface area contributed by atoms with Gasteiger partial charge in [0.2, 0.25) is 0 Å². The summed E-state index contributed by atoms with van der Waals surface area (Å²) in [4.78, 5) is 65.2. The quantitative estimate of drug-likeness (QED) is 0.0668. The Morgan fingerprint density at radius 1 is 0.701 bits per heavy atom. The Labute approximate surface area is 384 Å². The summed E-state index contributed by atoms with van der Waals surface area (Å²) in [6, 6.07) is 16.6. The monoisotopic (exact) mass is 911 g/mol. The van der Waals surface area contributed by atoms with Crippen molar-refractivity contribution in [2.24, 2.45) is 0 Å². The van der Waals surface area contributed by atoms with Crippen LogP contribution in [0.15, 0.2) is 73.1 Å². The van der Waals surface area contributed by atoms with Gasteiger partial charge < -0.3 is 29.9 Å². The number of esters is 1. The molecule has 4 aromatic carbocycles. The average Bonchev–Trinajstić information content (AvgIpc) is 4.22. The Bertz CT molecular complexity index is 3120. The standard InChI is InChI=1S/C28H29FN4O4.C23H19FN2O4/c1-31(2)27(32(3)4)37-26(36)28(10-11-28)22-19-13-17(12-16-6-8-18(29)9-7-16)14-30-23(19)24(34)21-20(22)15-33(5)25(21)35;1-26-11-16-17(21(26)28)20(27)19-15(18(16)23(6-7-23)22(29)30)9-13(10-25-19)8-12-2-4-14(24)5-3-12/h6-9,13-14H,10-12,15H2,1-5H3;2-5,9-10,27H,6-8,11H2,1H3,(H,29,30)/p+1. The highest BCUT2D eigenvalue weighted by Crippen LogP contribution is 2.57. The minimum absolute atomic E-state index is 0.159. The fourth-order valence-electron chi connectivity index (χ4n) is 9.75. The van der Waals surface area contributed by atoms with E-state index in [0.717, 1.165) is 22.3 Å². The third kappa shape index (κ3) is 7.63. The Kier molecular flexibility index (Phi) is 11.0. The van der Waals surface area contributed by atoms with Crippen LogP contribution in [0.25, 0.3) is 21.8 Å². The van der Waals surface area contributed by atoms with E-state index in [9.17, 15) is 43.3 Å². The SMILES string of the molecule is CN(C)C(OC(=O)C1(c2c3c(c(O)c4ncc(Cc5ccc(F)cc5)cc24)C(=O)N(C)C3)CC1)=[N+](C)C.CN1Cc2c(c(O)c3ncc(Cc4ccc(F)cc4)cc3c2C2(C(=O)O)CC2)C1=O. The molecule has 2 amide bonds. The first-order chi connectivity index (χ1) is 31.8. The van der Waals surface area contributed by atoms with Crippen LogP contribution in [-0.4, -0.2) is 117 Å². The van der Waals surface area contributed by atoms with Crippen LogP contribution in [0.5, 0.6) is 11.5 Å². The van der Waals surface area contributed by atoms with Crippen LogP contribution < -0.4 is 0 Å². The summed E-state index contributed by atoms with van der Waals surface area (Å²) in [5.74, 6) is -2.95. The van der Waals surface area contributed by atoms with Gasteiger partial charge in [0.15, 0.2) is 11.5 Å². The summed E-state index contributed by atoms with van der Waals surface area (Å²) in [6.07, 6.45) is 6.31. The number of pyridine rings is 2. The Morgan fingerprint density at radius 2 is 1.10 bits per heavy atom. The van der Waals surface area contributed by atoms with Crippen molar-refractivity contribution in [1.82, 2.24) is 24.7 Å². The average molecular weight is 912 g/mol. The fraction of sp³-hybridized carbons (Fsp3) is 0.314. The zero-order chi connectivity index (χ0) is 47.9. The highest BCUT2D eigenvalue weighted by Gasteiger charge is 2.58. The summed E-state index contributed by atoms with van der Waals surface area (Å²) in [6.45, 7) is 0.534. The summed E-state index contributed by atoms with van der Waals surface area (Å²) < 4.78 is 34.2. The van der Waals surface area contributed by atoms with Crippen molar-refractivity contribution in [2.75, 3.05) is 42.3 Å². The number of carboxylic acid groups (broad SMARTS) is 1. The lowest BCUT2D eigenvalue weighted by molar-refractivity contribution is -0.479. The van der Waals surface area contributed by atoms with Gasteiger partial charge in [0, 0.05) is 50.4 Å². The van der Waals surface area contributed by atoms with Crippen molar-refractivity contribution in [2.45, 2.75) is 62.4 Å². The number of carbonyl (C=O) groups excluding carboxylic acids is 3. The zero-order valence-electron chi connectivity index (χ0n) is 37.9. The van der Waals surface area contributed by atoms with Crippen molar-refractivity contribution in [3.05, 3.63) is 140 Å². The number of amidine groups is 1. The molecule has 0 bridgehead atoms. The minimum Gasteiger partial charge on any atom is -0.505 e. The predicted octanol–water partition coefficient (Wildman–Crippen LogP) is 6.39. The number of carbonyl (C=O) groups is 4. The number of rotatable bonds is 8. The van der Waals surface area contributed by atoms with Gasteiger partial charge in [-0.3, -0.25) is 29.1 Å². The van der Waals surface area contributed by atoms with E-state index < -0.39 is 22.8 Å². The number of benzene rings is 4. The highest BCUT2D eigenvalue weighted by molar-refractivity contribution is 6.11. The van der Waals surface area contributed by atoms with Gasteiger partial charge in [-0.15, -0.1) is 0 Å². The zero-order valence-corrected chi connectivity index (χ0v) is 37.9. The van der Waals surface area contributed by atoms with Crippen molar-refractivity contribution in [1.29, 1.82) is 0 Å². The largest absolute Gasteiger partial charge is 0.505 e. The van der Waals surface area contributed by atoms with Gasteiger partial charge in [0.05, 0.1) is 50.1 Å². The molecule has 2 aliphatic heterocycles. The number of ether oxygens (including phenoxy) is 1. The molecule has 16 heteroatoms. The van der Waals surface area contributed by atoms with E-state index in [1.54, 1.807) is 88.4 Å². The summed E-state index contributed by atoms with van der Waals surface area (Å²) in [7, 11) is 10.5. The molecule has 67 heavy (non-hydrogen) atoms. The number of aromatic hydroxyl groups is 2. The van der Waals surface area contributed by atoms with Crippen LogP contribution >= 0.6 is 0 Å². The fourth-order valence-corrected chi connectivity index (χ4v) is 9.75. The lowest BCUT2D eigenvalue weighted by atomic mass is 9.85. The molecule has 2 aromatic heterocycles. The summed E-state index contributed by atoms with van der Waals surface area (Å²) >= 11 is 0. The molecule has 4 aliphatic rings. The van der Waals surface area contributed by atoms with E-state index in [-0.39, 0.29) is 70.2 Å². The second-order valence-electron chi connectivity index (χ2n) is 18.5. The maximum Gasteiger partial charge on any atom is 0.453 e. The lowest BCUT2D eigenvalue weighted by Crippen LogP contribution is -2.37. The Hall–Kier alpha value is -7.49. The minimum atomic E-state index is -1.06. The third-order valence-corrected chi connectivity index (χ3v) is 13.3. The molecule has 3 N–H and O–H groups in total. The van der Waals surface area contributed by atoms with Gasteiger partial charge in [-0.25, -0.2) is 18.3 Å². The van der Waals surface area contributed by atoms with Gasteiger partial charge >= 0.3 is 18.0 Å². The second-order valence-corrected chi connectivity index (χ2v) is 18.5. The number of hydrogen-bond acceptors (Lipinski definition) is 9. The van der Waals surface area contributed by atoms with Crippen LogP contribution in [0.1, 0.15) is 90.9 Å². The molecule has 0 unspecified atom stereocenters. The number of halogens is 2. The second kappa shape index (κ2) is 16.4. The van der Waals surface area contributed by atoms with Gasteiger partial charge in [-0.1, -0.05) is 24.3 Å². The normalized spacial score (nSPS) is 16.1. The summed E-state index contributed by atoms with van der Waals surface area (Å²) in [5, 5.41) is 33.1. The number of hydrogen-bond donors (Lipinski definition) is 3. The number of amides is 2. The molecule has 2 saturated carbocycles. The summed E-state index contributed by atoms with van der Waals surface area (Å²) in [5.41, 5.74) is 4.82. The Morgan fingerprint density at radius 3 is 1.46 bits per heavy atom. The van der Waals surface area contributed by atoms with Crippen LogP contribution in [0.3, 0.4) is 0 Å². The van der Waals surface area contributed by atoms with Crippen molar-refractivity contribution in [3.8, 4) is 11.5 Å². The number of aromatic nitrogens is 2. The van der Waals surface area contributed by atoms with Crippen LogP contribution in [0, 0.1) is 11.6 Å². The maximum atomic E-state index is 13.7. The van der Waals surface area contributed by atoms with E-state index in [4.69, 9.17) is 4.74 Å². The van der Waals surface area contributed by atoms with Gasteiger partial charge in [-0.05, 0) is 119 Å². The van der Waals surface area contributed by atoms with Crippen LogP contribution in [0.4, 0.5) is 8.78 Å². The molecule has 4 heterocycles. The molecule has 344 valence electrons. The number of aliphatic carboxylic acids is 1. The van der Waals surface area contributed by atoms with Crippen molar-refractivity contribution >= 4 is 51.6 Å². The highest BCUT2D eigenvalue weighted by atomic mass is 19.1. The van der Waals surface area contributed by atoms with E-state index in [2.05, 4.69) is 9.97 Å².